The first-order valence-electron chi connectivity index (χ1n) is 3.25. The molecule has 1 heterocycles. The molecule has 0 aromatic carbocycles. The van der Waals surface area contributed by atoms with Gasteiger partial charge in [-0.3, -0.25) is 0 Å². The predicted molar refractivity (Wildman–Crippen MR) is 35.8 cm³/mol. The Morgan fingerprint density at radius 1 is 1.62 bits per heavy atom. The van der Waals surface area contributed by atoms with Gasteiger partial charge >= 0.3 is 0 Å². The first-order valence-corrected chi connectivity index (χ1v) is 3.25. The van der Waals surface area contributed by atoms with Gasteiger partial charge in [-0.25, -0.2) is 0 Å². The summed E-state index contributed by atoms with van der Waals surface area (Å²) in [5.74, 6) is 0. The molecule has 2 unspecified atom stereocenters. The van der Waals surface area contributed by atoms with E-state index in [0.29, 0.717) is 0 Å². The van der Waals surface area contributed by atoms with E-state index in [9.17, 15) is 0 Å². The summed E-state index contributed by atoms with van der Waals surface area (Å²) < 4.78 is 0. The monoisotopic (exact) mass is 111 g/mol. The summed E-state index contributed by atoms with van der Waals surface area (Å²) in [6.07, 6.45) is 4.38. The van der Waals surface area contributed by atoms with Crippen molar-refractivity contribution in [2.45, 2.75) is 31.8 Å². The highest BCUT2D eigenvalue weighted by molar-refractivity contribution is 5.00. The molecule has 1 aliphatic heterocycles. The van der Waals surface area contributed by atoms with Gasteiger partial charge in [0, 0.05) is 12.1 Å². The van der Waals surface area contributed by atoms with Gasteiger partial charge in [0.1, 0.15) is 0 Å². The van der Waals surface area contributed by atoms with Crippen molar-refractivity contribution < 1.29 is 0 Å². The number of hydrogen-bond donors (Lipinski definition) is 1. The second-order valence-electron chi connectivity index (χ2n) is 2.31. The van der Waals surface area contributed by atoms with Gasteiger partial charge in [0.05, 0.1) is 0 Å². The van der Waals surface area contributed by atoms with E-state index in [-0.39, 0.29) is 0 Å². The fourth-order valence-electron chi connectivity index (χ4n) is 1.03. The molecule has 0 spiro atoms. The predicted octanol–water partition coefficient (Wildman–Crippen LogP) is 1.31. The fourth-order valence-corrected chi connectivity index (χ4v) is 1.03. The van der Waals surface area contributed by atoms with Crippen molar-refractivity contribution in [1.29, 1.82) is 0 Å². The van der Waals surface area contributed by atoms with Crippen LogP contribution in [-0.2, 0) is 0 Å². The molecule has 0 aromatic heterocycles. The first-order chi connectivity index (χ1) is 3.88. The molecule has 0 amide bonds. The molecule has 1 rings (SSSR count). The van der Waals surface area contributed by atoms with Crippen molar-refractivity contribution in [2.24, 2.45) is 0 Å². The molecule has 1 heteroatoms. The summed E-state index contributed by atoms with van der Waals surface area (Å²) in [6, 6.07) is 1.56. The van der Waals surface area contributed by atoms with Crippen LogP contribution >= 0.6 is 0 Å². The maximum absolute atomic E-state index is 3.67. The molecule has 0 saturated carbocycles. The molecule has 1 fully saturated rings. The van der Waals surface area contributed by atoms with E-state index in [0.717, 1.165) is 18.5 Å². The Morgan fingerprint density at radius 2 is 2.38 bits per heavy atom. The third-order valence-corrected chi connectivity index (χ3v) is 1.67. The second-order valence-corrected chi connectivity index (χ2v) is 2.31. The molecule has 0 radical (unpaired) electrons. The van der Waals surface area contributed by atoms with Crippen molar-refractivity contribution in [3.05, 3.63) is 12.7 Å². The Morgan fingerprint density at radius 3 is 2.75 bits per heavy atom. The van der Waals surface area contributed by atoms with Crippen LogP contribution < -0.4 is 5.32 Å². The largest absolute Gasteiger partial charge is 0.308 e. The van der Waals surface area contributed by atoms with Crippen LogP contribution in [0.2, 0.25) is 0 Å². The lowest BCUT2D eigenvalue weighted by Gasteiger charge is -1.83. The van der Waals surface area contributed by atoms with E-state index in [1.807, 2.05) is 6.08 Å². The third kappa shape index (κ3) is 1.10. The van der Waals surface area contributed by atoms with Gasteiger partial charge in [0.15, 0.2) is 0 Å². The number of rotatable bonds is 3. The van der Waals surface area contributed by atoms with Crippen LogP contribution in [0.15, 0.2) is 12.7 Å². The van der Waals surface area contributed by atoms with E-state index in [1.165, 1.54) is 6.42 Å². The smallest absolute Gasteiger partial charge is 0.0258 e. The van der Waals surface area contributed by atoms with E-state index in [1.54, 1.807) is 0 Å². The van der Waals surface area contributed by atoms with Gasteiger partial charge in [-0.2, -0.15) is 0 Å². The maximum Gasteiger partial charge on any atom is 0.0258 e. The van der Waals surface area contributed by atoms with Crippen LogP contribution in [0.5, 0.6) is 0 Å². The molecule has 1 nitrogen and oxygen atoms in total. The van der Waals surface area contributed by atoms with Crippen LogP contribution in [0.25, 0.3) is 0 Å². The minimum absolute atomic E-state index is 0.762. The van der Waals surface area contributed by atoms with Crippen molar-refractivity contribution in [1.82, 2.24) is 5.32 Å². The molecule has 1 saturated heterocycles. The second kappa shape index (κ2) is 2.31. The zero-order chi connectivity index (χ0) is 5.98. The van der Waals surface area contributed by atoms with Crippen LogP contribution in [0, 0.1) is 0 Å². The topological polar surface area (TPSA) is 21.9 Å². The van der Waals surface area contributed by atoms with Crippen LogP contribution in [0.1, 0.15) is 19.8 Å². The Kier molecular flexibility index (Phi) is 1.69. The summed E-state index contributed by atoms with van der Waals surface area (Å²) in [5.41, 5.74) is 0. The van der Waals surface area contributed by atoms with E-state index in [4.69, 9.17) is 0 Å². The summed E-state index contributed by atoms with van der Waals surface area (Å²) in [5, 5.41) is 3.35. The number of nitrogens with one attached hydrogen (secondary N) is 1. The lowest BCUT2D eigenvalue weighted by atomic mass is 10.2. The fraction of sp³-hybridized carbons (Fsp3) is 0.714. The van der Waals surface area contributed by atoms with Crippen LogP contribution in [-0.4, -0.2) is 12.1 Å². The van der Waals surface area contributed by atoms with Crippen molar-refractivity contribution in [2.75, 3.05) is 0 Å². The Bertz CT molecular complexity index is 88.4. The van der Waals surface area contributed by atoms with Crippen molar-refractivity contribution >= 4 is 0 Å². The van der Waals surface area contributed by atoms with Crippen LogP contribution in [0.4, 0.5) is 0 Å². The van der Waals surface area contributed by atoms with Gasteiger partial charge in [0.25, 0.3) is 0 Å². The average molecular weight is 111 g/mol. The average Bonchev–Trinajstić information content (AvgIpc) is 2.48. The molecule has 46 valence electrons. The lowest BCUT2D eigenvalue weighted by Crippen LogP contribution is -1.88. The highest BCUT2D eigenvalue weighted by atomic mass is 15.1. The normalized spacial score (nSPS) is 34.6. The molecule has 0 bridgehead atoms. The highest BCUT2D eigenvalue weighted by Gasteiger charge is 2.32. The Labute approximate surface area is 50.8 Å². The van der Waals surface area contributed by atoms with Gasteiger partial charge in [-0.15, -0.1) is 6.58 Å². The molecule has 0 aromatic rings. The summed E-state index contributed by atoms with van der Waals surface area (Å²) in [7, 11) is 0. The van der Waals surface area contributed by atoms with E-state index in [2.05, 4.69) is 18.8 Å². The minimum Gasteiger partial charge on any atom is -0.308 e. The summed E-state index contributed by atoms with van der Waals surface area (Å²) in [4.78, 5) is 0. The molecular weight excluding hydrogens is 98.1 g/mol. The van der Waals surface area contributed by atoms with Gasteiger partial charge in [-0.05, 0) is 12.8 Å². The number of hydrogen-bond acceptors (Lipinski definition) is 1. The SMILES string of the molecule is C=CCC1NC1CC. The minimum atomic E-state index is 0.762. The maximum atomic E-state index is 3.67. The van der Waals surface area contributed by atoms with Crippen molar-refractivity contribution in [3.8, 4) is 0 Å². The van der Waals surface area contributed by atoms with Gasteiger partial charge in [0.2, 0.25) is 0 Å². The molecule has 1 aliphatic rings. The molecule has 8 heavy (non-hydrogen) atoms. The van der Waals surface area contributed by atoms with Crippen molar-refractivity contribution in [3.63, 3.8) is 0 Å². The molecule has 2 atom stereocenters. The van der Waals surface area contributed by atoms with Crippen LogP contribution in [0.3, 0.4) is 0 Å². The van der Waals surface area contributed by atoms with Gasteiger partial charge in [-0.1, -0.05) is 13.0 Å². The molecule has 0 aliphatic carbocycles. The van der Waals surface area contributed by atoms with Gasteiger partial charge < -0.3 is 5.32 Å². The van der Waals surface area contributed by atoms with E-state index >= 15 is 0 Å². The summed E-state index contributed by atoms with van der Waals surface area (Å²) >= 11 is 0. The van der Waals surface area contributed by atoms with E-state index < -0.39 is 0 Å². The standard InChI is InChI=1S/C7H13N/c1-3-5-7-6(4-2)8-7/h3,6-8H,1,4-5H2,2H3. The summed E-state index contributed by atoms with van der Waals surface area (Å²) in [6.45, 7) is 5.88. The lowest BCUT2D eigenvalue weighted by molar-refractivity contribution is 0.847. The molecular formula is C7H13N. The quantitative estimate of drug-likeness (QED) is 0.430. The Balaban J connectivity index is 2.07. The molecule has 1 N–H and O–H groups in total. The highest BCUT2D eigenvalue weighted by Crippen LogP contribution is 2.17. The zero-order valence-corrected chi connectivity index (χ0v) is 5.35. The Hall–Kier alpha value is -0.300. The zero-order valence-electron chi connectivity index (χ0n) is 5.35. The first kappa shape index (κ1) is 5.83. The third-order valence-electron chi connectivity index (χ3n) is 1.67.